The molecule has 4 heteroatoms. The Balaban J connectivity index is 1.75. The van der Waals surface area contributed by atoms with Gasteiger partial charge in [-0.2, -0.15) is 5.10 Å². The summed E-state index contributed by atoms with van der Waals surface area (Å²) in [6.07, 6.45) is 3.86. The Morgan fingerprint density at radius 3 is 2.75 bits per heavy atom. The summed E-state index contributed by atoms with van der Waals surface area (Å²) in [6, 6.07) is 12.4. The standard InChI is InChI=1S/C16H15BrN2O/c1-2-19-10-12(9-18-19)11-20-16-6-4-13-7-15(17)5-3-14(13)8-16/h3-10H,2,11H2,1H3. The fraction of sp³-hybridized carbons (Fsp3) is 0.188. The average Bonchev–Trinajstić information content (AvgIpc) is 2.93. The van der Waals surface area contributed by atoms with Crippen LogP contribution in [0.2, 0.25) is 0 Å². The molecule has 20 heavy (non-hydrogen) atoms. The molecule has 0 aliphatic carbocycles. The molecule has 0 fully saturated rings. The number of aromatic nitrogens is 2. The lowest BCUT2D eigenvalue weighted by atomic mass is 10.1. The van der Waals surface area contributed by atoms with Crippen LogP contribution in [0.25, 0.3) is 10.8 Å². The molecule has 0 aliphatic rings. The van der Waals surface area contributed by atoms with Gasteiger partial charge in [-0.15, -0.1) is 0 Å². The summed E-state index contributed by atoms with van der Waals surface area (Å²) in [7, 11) is 0. The molecule has 0 aliphatic heterocycles. The van der Waals surface area contributed by atoms with E-state index in [0.717, 1.165) is 22.3 Å². The molecule has 3 rings (SSSR count). The Morgan fingerprint density at radius 2 is 1.95 bits per heavy atom. The van der Waals surface area contributed by atoms with E-state index in [0.29, 0.717) is 6.61 Å². The number of halogens is 1. The number of aryl methyl sites for hydroxylation is 1. The van der Waals surface area contributed by atoms with Crippen molar-refractivity contribution in [2.75, 3.05) is 0 Å². The number of hydrogen-bond donors (Lipinski definition) is 0. The SMILES string of the molecule is CCn1cc(COc2ccc3cc(Br)ccc3c2)cn1. The summed E-state index contributed by atoms with van der Waals surface area (Å²) in [5.41, 5.74) is 1.09. The van der Waals surface area contributed by atoms with E-state index in [2.05, 4.69) is 52.2 Å². The lowest BCUT2D eigenvalue weighted by Crippen LogP contribution is -1.95. The molecular weight excluding hydrogens is 316 g/mol. The molecule has 0 amide bonds. The van der Waals surface area contributed by atoms with Crippen LogP contribution in [0.5, 0.6) is 5.75 Å². The first-order valence-electron chi connectivity index (χ1n) is 6.58. The third-order valence-electron chi connectivity index (χ3n) is 3.19. The van der Waals surface area contributed by atoms with E-state index in [1.165, 1.54) is 10.8 Å². The van der Waals surface area contributed by atoms with Gasteiger partial charge in [-0.1, -0.05) is 28.1 Å². The second-order valence-electron chi connectivity index (χ2n) is 4.65. The summed E-state index contributed by atoms with van der Waals surface area (Å²) in [4.78, 5) is 0. The van der Waals surface area contributed by atoms with Crippen LogP contribution in [0, 0.1) is 0 Å². The molecule has 3 aromatic rings. The Kier molecular flexibility index (Phi) is 3.74. The van der Waals surface area contributed by atoms with Crippen molar-refractivity contribution in [1.29, 1.82) is 0 Å². The quantitative estimate of drug-likeness (QED) is 0.709. The number of fused-ring (bicyclic) bond motifs is 1. The van der Waals surface area contributed by atoms with Gasteiger partial charge in [-0.25, -0.2) is 0 Å². The molecule has 102 valence electrons. The zero-order chi connectivity index (χ0) is 13.9. The van der Waals surface area contributed by atoms with Crippen LogP contribution in [0.4, 0.5) is 0 Å². The van der Waals surface area contributed by atoms with Crippen LogP contribution < -0.4 is 4.74 Å². The van der Waals surface area contributed by atoms with Crippen LogP contribution in [-0.4, -0.2) is 9.78 Å². The highest BCUT2D eigenvalue weighted by atomic mass is 79.9. The maximum Gasteiger partial charge on any atom is 0.120 e. The smallest absolute Gasteiger partial charge is 0.120 e. The molecule has 0 radical (unpaired) electrons. The highest BCUT2D eigenvalue weighted by molar-refractivity contribution is 9.10. The third kappa shape index (κ3) is 2.85. The molecule has 0 unspecified atom stereocenters. The van der Waals surface area contributed by atoms with Gasteiger partial charge in [-0.3, -0.25) is 4.68 Å². The first kappa shape index (κ1) is 13.2. The summed E-state index contributed by atoms with van der Waals surface area (Å²) >= 11 is 3.48. The van der Waals surface area contributed by atoms with E-state index < -0.39 is 0 Å². The predicted octanol–water partition coefficient (Wildman–Crippen LogP) is 4.40. The molecule has 1 heterocycles. The fourth-order valence-electron chi connectivity index (χ4n) is 2.10. The maximum absolute atomic E-state index is 5.82. The van der Waals surface area contributed by atoms with Crippen LogP contribution in [0.1, 0.15) is 12.5 Å². The zero-order valence-corrected chi connectivity index (χ0v) is 12.8. The van der Waals surface area contributed by atoms with Crippen molar-refractivity contribution >= 4 is 26.7 Å². The lowest BCUT2D eigenvalue weighted by molar-refractivity contribution is 0.306. The van der Waals surface area contributed by atoms with Gasteiger partial charge in [0.25, 0.3) is 0 Å². The summed E-state index contributed by atoms with van der Waals surface area (Å²) in [5, 5.41) is 6.61. The number of hydrogen-bond acceptors (Lipinski definition) is 2. The van der Waals surface area contributed by atoms with Gasteiger partial charge in [-0.05, 0) is 42.0 Å². The van der Waals surface area contributed by atoms with Gasteiger partial charge in [0.2, 0.25) is 0 Å². The molecule has 1 aromatic heterocycles. The predicted molar refractivity (Wildman–Crippen MR) is 83.9 cm³/mol. The van der Waals surface area contributed by atoms with Crippen LogP contribution in [-0.2, 0) is 13.2 Å². The van der Waals surface area contributed by atoms with E-state index in [1.54, 1.807) is 0 Å². The molecule has 0 spiro atoms. The molecule has 2 aromatic carbocycles. The van der Waals surface area contributed by atoms with Crippen LogP contribution in [0.3, 0.4) is 0 Å². The Hall–Kier alpha value is -1.81. The largest absolute Gasteiger partial charge is 0.489 e. The highest BCUT2D eigenvalue weighted by Gasteiger charge is 2.01. The van der Waals surface area contributed by atoms with Gasteiger partial charge in [0.15, 0.2) is 0 Å². The second kappa shape index (κ2) is 5.67. The normalized spacial score (nSPS) is 10.9. The van der Waals surface area contributed by atoms with Gasteiger partial charge in [0, 0.05) is 22.8 Å². The first-order chi connectivity index (χ1) is 9.74. The molecular formula is C16H15BrN2O. The van der Waals surface area contributed by atoms with Gasteiger partial charge < -0.3 is 4.74 Å². The number of nitrogens with zero attached hydrogens (tertiary/aromatic N) is 2. The van der Waals surface area contributed by atoms with Crippen molar-refractivity contribution in [2.24, 2.45) is 0 Å². The van der Waals surface area contributed by atoms with Crippen molar-refractivity contribution < 1.29 is 4.74 Å². The topological polar surface area (TPSA) is 27.1 Å². The minimum absolute atomic E-state index is 0.544. The van der Waals surface area contributed by atoms with Crippen molar-refractivity contribution in [3.05, 3.63) is 58.8 Å². The van der Waals surface area contributed by atoms with Gasteiger partial charge >= 0.3 is 0 Å². The monoisotopic (exact) mass is 330 g/mol. The van der Waals surface area contributed by atoms with E-state index >= 15 is 0 Å². The van der Waals surface area contributed by atoms with Crippen LogP contribution in [0.15, 0.2) is 53.3 Å². The number of ether oxygens (including phenoxy) is 1. The molecule has 0 saturated heterocycles. The Morgan fingerprint density at radius 1 is 1.15 bits per heavy atom. The molecule has 0 saturated carbocycles. The number of benzene rings is 2. The first-order valence-corrected chi connectivity index (χ1v) is 7.37. The van der Waals surface area contributed by atoms with Gasteiger partial charge in [0.05, 0.1) is 6.20 Å². The molecule has 0 N–H and O–H groups in total. The van der Waals surface area contributed by atoms with E-state index in [9.17, 15) is 0 Å². The third-order valence-corrected chi connectivity index (χ3v) is 3.68. The minimum Gasteiger partial charge on any atom is -0.489 e. The summed E-state index contributed by atoms with van der Waals surface area (Å²) in [6.45, 7) is 3.49. The average molecular weight is 331 g/mol. The second-order valence-corrected chi connectivity index (χ2v) is 5.56. The summed E-state index contributed by atoms with van der Waals surface area (Å²) in [5.74, 6) is 0.879. The molecule has 0 atom stereocenters. The maximum atomic E-state index is 5.82. The highest BCUT2D eigenvalue weighted by Crippen LogP contribution is 2.24. The van der Waals surface area contributed by atoms with Crippen molar-refractivity contribution in [1.82, 2.24) is 9.78 Å². The fourth-order valence-corrected chi connectivity index (χ4v) is 2.48. The zero-order valence-electron chi connectivity index (χ0n) is 11.2. The van der Waals surface area contributed by atoms with E-state index in [4.69, 9.17) is 4.74 Å². The minimum atomic E-state index is 0.544. The van der Waals surface area contributed by atoms with Crippen LogP contribution >= 0.6 is 15.9 Å². The van der Waals surface area contributed by atoms with E-state index in [1.807, 2.05) is 29.2 Å². The van der Waals surface area contributed by atoms with E-state index in [-0.39, 0.29) is 0 Å². The molecule has 3 nitrogen and oxygen atoms in total. The Bertz CT molecular complexity index is 736. The van der Waals surface area contributed by atoms with Crippen molar-refractivity contribution in [3.63, 3.8) is 0 Å². The van der Waals surface area contributed by atoms with Crippen molar-refractivity contribution in [3.8, 4) is 5.75 Å². The summed E-state index contributed by atoms with van der Waals surface area (Å²) < 4.78 is 8.81. The molecule has 0 bridgehead atoms. The number of rotatable bonds is 4. The van der Waals surface area contributed by atoms with Gasteiger partial charge in [0.1, 0.15) is 12.4 Å². The Labute approximate surface area is 126 Å². The van der Waals surface area contributed by atoms with Crippen molar-refractivity contribution in [2.45, 2.75) is 20.1 Å². The lowest BCUT2D eigenvalue weighted by Gasteiger charge is -2.06.